The molecule has 1 aliphatic rings. The van der Waals surface area contributed by atoms with Crippen LogP contribution in [0.3, 0.4) is 0 Å². The van der Waals surface area contributed by atoms with Crippen LogP contribution in [0.25, 0.3) is 0 Å². The summed E-state index contributed by atoms with van der Waals surface area (Å²) in [7, 11) is 0. The summed E-state index contributed by atoms with van der Waals surface area (Å²) in [4.78, 5) is 15.0. The van der Waals surface area contributed by atoms with Gasteiger partial charge in [-0.1, -0.05) is 6.92 Å². The van der Waals surface area contributed by atoms with E-state index in [1.807, 2.05) is 13.0 Å². The largest absolute Gasteiger partial charge is 0.416 e. The Morgan fingerprint density at radius 1 is 1.23 bits per heavy atom. The SMILES string of the molecule is C[C@@H]1CCN(C(=O)c2ccc(C#N)cc2)c2cc(C(F)(F)F)ccc2S1. The molecule has 0 saturated heterocycles. The molecule has 0 aromatic heterocycles. The van der Waals surface area contributed by atoms with Gasteiger partial charge in [-0.3, -0.25) is 4.79 Å². The number of rotatable bonds is 1. The quantitative estimate of drug-likeness (QED) is 0.695. The first kappa shape index (κ1) is 18.3. The first-order valence-corrected chi connectivity index (χ1v) is 8.87. The van der Waals surface area contributed by atoms with Crippen molar-refractivity contribution in [3.63, 3.8) is 0 Å². The van der Waals surface area contributed by atoms with E-state index in [1.54, 1.807) is 0 Å². The lowest BCUT2D eigenvalue weighted by molar-refractivity contribution is -0.137. The van der Waals surface area contributed by atoms with E-state index in [-0.39, 0.29) is 16.8 Å². The summed E-state index contributed by atoms with van der Waals surface area (Å²) in [6.45, 7) is 2.32. The molecule has 0 radical (unpaired) electrons. The fourth-order valence-corrected chi connectivity index (χ4v) is 3.86. The summed E-state index contributed by atoms with van der Waals surface area (Å²) in [5.74, 6) is -0.371. The van der Waals surface area contributed by atoms with Gasteiger partial charge in [0.2, 0.25) is 0 Å². The number of amides is 1. The molecule has 1 heterocycles. The molecule has 1 atom stereocenters. The van der Waals surface area contributed by atoms with Gasteiger partial charge in [-0.15, -0.1) is 11.8 Å². The summed E-state index contributed by atoms with van der Waals surface area (Å²) >= 11 is 1.47. The molecule has 2 aromatic carbocycles. The maximum atomic E-state index is 13.1. The van der Waals surface area contributed by atoms with E-state index in [2.05, 4.69) is 0 Å². The van der Waals surface area contributed by atoms with Crippen LogP contribution in [0.4, 0.5) is 18.9 Å². The predicted molar refractivity (Wildman–Crippen MR) is 94.2 cm³/mol. The Bertz CT molecular complexity index is 872. The minimum Gasteiger partial charge on any atom is -0.307 e. The highest BCUT2D eigenvalue weighted by Crippen LogP contribution is 2.41. The minimum atomic E-state index is -4.47. The molecule has 134 valence electrons. The fraction of sp³-hybridized carbons (Fsp3) is 0.263. The van der Waals surface area contributed by atoms with Gasteiger partial charge in [0, 0.05) is 22.3 Å². The lowest BCUT2D eigenvalue weighted by Crippen LogP contribution is -2.32. The Labute approximate surface area is 153 Å². The van der Waals surface area contributed by atoms with Gasteiger partial charge in [0.25, 0.3) is 5.91 Å². The first-order valence-electron chi connectivity index (χ1n) is 7.99. The van der Waals surface area contributed by atoms with E-state index >= 15 is 0 Å². The Morgan fingerprint density at radius 3 is 2.54 bits per heavy atom. The van der Waals surface area contributed by atoms with Crippen LogP contribution in [0.1, 0.15) is 34.8 Å². The van der Waals surface area contributed by atoms with Gasteiger partial charge in [0.15, 0.2) is 0 Å². The van der Waals surface area contributed by atoms with E-state index in [4.69, 9.17) is 5.26 Å². The van der Waals surface area contributed by atoms with Crippen LogP contribution in [0, 0.1) is 11.3 Å². The second-order valence-corrected chi connectivity index (χ2v) is 7.52. The zero-order chi connectivity index (χ0) is 18.9. The van der Waals surface area contributed by atoms with Gasteiger partial charge in [-0.05, 0) is 48.9 Å². The standard InChI is InChI=1S/C19H15F3N2OS/c1-12-8-9-24(18(25)14-4-2-13(11-23)3-5-14)16-10-15(19(20,21)22)6-7-17(16)26-12/h2-7,10,12H,8-9H2,1H3/t12-/m1/s1. The van der Waals surface area contributed by atoms with Crippen LogP contribution in [0.2, 0.25) is 0 Å². The molecule has 3 rings (SSSR count). The normalized spacial score (nSPS) is 17.2. The Morgan fingerprint density at radius 2 is 1.92 bits per heavy atom. The number of alkyl halides is 3. The van der Waals surface area contributed by atoms with Crippen molar-refractivity contribution in [3.05, 3.63) is 59.2 Å². The highest BCUT2D eigenvalue weighted by molar-refractivity contribution is 8.00. The summed E-state index contributed by atoms with van der Waals surface area (Å²) < 4.78 is 39.4. The van der Waals surface area contributed by atoms with Gasteiger partial charge in [-0.2, -0.15) is 18.4 Å². The van der Waals surface area contributed by atoms with E-state index < -0.39 is 11.7 Å². The average Bonchev–Trinajstić information content (AvgIpc) is 2.78. The molecule has 0 spiro atoms. The number of carbonyl (C=O) groups is 1. The van der Waals surface area contributed by atoms with Crippen molar-refractivity contribution >= 4 is 23.4 Å². The third-order valence-electron chi connectivity index (χ3n) is 4.17. The van der Waals surface area contributed by atoms with Crippen molar-refractivity contribution in [1.82, 2.24) is 0 Å². The molecule has 7 heteroatoms. The topological polar surface area (TPSA) is 44.1 Å². The number of hydrogen-bond donors (Lipinski definition) is 0. The van der Waals surface area contributed by atoms with Crippen molar-refractivity contribution in [2.45, 2.75) is 29.7 Å². The Balaban J connectivity index is 2.04. The number of nitriles is 1. The van der Waals surface area contributed by atoms with E-state index in [9.17, 15) is 18.0 Å². The number of carbonyl (C=O) groups excluding carboxylic acids is 1. The minimum absolute atomic E-state index is 0.184. The first-order chi connectivity index (χ1) is 12.3. The number of anilines is 1. The zero-order valence-electron chi connectivity index (χ0n) is 13.9. The molecule has 26 heavy (non-hydrogen) atoms. The Kier molecular flexibility index (Phi) is 4.97. The number of thioether (sulfide) groups is 1. The summed E-state index contributed by atoms with van der Waals surface area (Å²) in [6.07, 6.45) is -3.80. The molecule has 0 aliphatic carbocycles. The predicted octanol–water partition coefficient (Wildman–Crippen LogP) is 5.11. The molecule has 1 amide bonds. The maximum Gasteiger partial charge on any atom is 0.416 e. The van der Waals surface area contributed by atoms with Crippen molar-refractivity contribution in [2.75, 3.05) is 11.4 Å². The van der Waals surface area contributed by atoms with E-state index in [0.29, 0.717) is 29.0 Å². The number of fused-ring (bicyclic) bond motifs is 1. The number of hydrogen-bond acceptors (Lipinski definition) is 3. The molecule has 0 saturated carbocycles. The molecule has 0 N–H and O–H groups in total. The lowest BCUT2D eigenvalue weighted by Gasteiger charge is -2.23. The van der Waals surface area contributed by atoms with Gasteiger partial charge in [0.1, 0.15) is 0 Å². The van der Waals surface area contributed by atoms with Crippen molar-refractivity contribution < 1.29 is 18.0 Å². The monoisotopic (exact) mass is 376 g/mol. The summed E-state index contributed by atoms with van der Waals surface area (Å²) in [5.41, 5.74) is 0.265. The van der Waals surface area contributed by atoms with Crippen LogP contribution in [-0.4, -0.2) is 17.7 Å². The highest BCUT2D eigenvalue weighted by Gasteiger charge is 2.33. The van der Waals surface area contributed by atoms with Gasteiger partial charge in [0.05, 0.1) is 22.9 Å². The molecule has 0 bridgehead atoms. The molecular formula is C19H15F3N2OS. The maximum absolute atomic E-state index is 13.1. The third kappa shape index (κ3) is 3.70. The third-order valence-corrected chi connectivity index (χ3v) is 5.41. The van der Waals surface area contributed by atoms with Gasteiger partial charge < -0.3 is 4.90 Å². The molecular weight excluding hydrogens is 361 g/mol. The molecule has 0 fully saturated rings. The zero-order valence-corrected chi connectivity index (χ0v) is 14.7. The van der Waals surface area contributed by atoms with E-state index in [1.165, 1.54) is 47.0 Å². The van der Waals surface area contributed by atoms with Crippen molar-refractivity contribution in [1.29, 1.82) is 5.26 Å². The van der Waals surface area contributed by atoms with Crippen molar-refractivity contribution in [3.8, 4) is 6.07 Å². The van der Waals surface area contributed by atoms with Crippen LogP contribution >= 0.6 is 11.8 Å². The number of benzene rings is 2. The van der Waals surface area contributed by atoms with Gasteiger partial charge >= 0.3 is 6.18 Å². The molecule has 3 nitrogen and oxygen atoms in total. The fourth-order valence-electron chi connectivity index (χ4n) is 2.77. The summed E-state index contributed by atoms with van der Waals surface area (Å²) in [5, 5.41) is 9.05. The lowest BCUT2D eigenvalue weighted by atomic mass is 10.1. The van der Waals surface area contributed by atoms with Crippen LogP contribution < -0.4 is 4.90 Å². The number of nitrogens with zero attached hydrogens (tertiary/aromatic N) is 2. The van der Waals surface area contributed by atoms with Gasteiger partial charge in [-0.25, -0.2) is 0 Å². The Hall–Kier alpha value is -2.46. The molecule has 2 aromatic rings. The van der Waals surface area contributed by atoms with E-state index in [0.717, 1.165) is 12.1 Å². The van der Waals surface area contributed by atoms with Crippen LogP contribution in [0.5, 0.6) is 0 Å². The second kappa shape index (κ2) is 7.04. The smallest absolute Gasteiger partial charge is 0.307 e. The van der Waals surface area contributed by atoms with Crippen LogP contribution in [0.15, 0.2) is 47.4 Å². The summed E-state index contributed by atoms with van der Waals surface area (Å²) in [6, 6.07) is 11.6. The average molecular weight is 376 g/mol. The van der Waals surface area contributed by atoms with Crippen LogP contribution in [-0.2, 0) is 6.18 Å². The highest BCUT2D eigenvalue weighted by atomic mass is 32.2. The number of halogens is 3. The molecule has 1 aliphatic heterocycles. The molecule has 0 unspecified atom stereocenters. The van der Waals surface area contributed by atoms with Crippen molar-refractivity contribution in [2.24, 2.45) is 0 Å². The second-order valence-electron chi connectivity index (χ2n) is 6.04.